The van der Waals surface area contributed by atoms with Crippen molar-refractivity contribution in [1.29, 1.82) is 10.5 Å². The predicted molar refractivity (Wildman–Crippen MR) is 45.6 cm³/mol. The number of nitriles is 2. The Morgan fingerprint density at radius 3 is 2.57 bits per heavy atom. The van der Waals surface area contributed by atoms with Crippen molar-refractivity contribution >= 4 is 0 Å². The average Bonchev–Trinajstić information content (AvgIpc) is 2.85. The Morgan fingerprint density at radius 1 is 1.21 bits per heavy atom. The maximum absolute atomic E-state index is 8.66. The largest absolute Gasteiger partial charge is 0.342 e. The van der Waals surface area contributed by atoms with E-state index in [1.54, 1.807) is 12.4 Å². The minimum atomic E-state index is 0.0823. The van der Waals surface area contributed by atoms with E-state index in [-0.39, 0.29) is 11.4 Å². The molecule has 0 aromatic carbocycles. The highest BCUT2D eigenvalue weighted by atomic mass is 15.0. The van der Waals surface area contributed by atoms with Gasteiger partial charge in [0.2, 0.25) is 0 Å². The van der Waals surface area contributed by atoms with E-state index in [1.807, 2.05) is 12.1 Å². The number of nitrogens with zero attached hydrogens (tertiary/aromatic N) is 4. The molecule has 0 amide bonds. The van der Waals surface area contributed by atoms with Gasteiger partial charge in [0.1, 0.15) is 12.1 Å². The van der Waals surface area contributed by atoms with E-state index >= 15 is 0 Å². The zero-order valence-electron chi connectivity index (χ0n) is 6.94. The van der Waals surface area contributed by atoms with Crippen LogP contribution in [0.15, 0.2) is 12.4 Å². The molecule has 2 aromatic heterocycles. The summed E-state index contributed by atoms with van der Waals surface area (Å²) in [4.78, 5) is 13.4. The van der Waals surface area contributed by atoms with Crippen LogP contribution >= 0.6 is 0 Å². The van der Waals surface area contributed by atoms with Gasteiger partial charge in [-0.25, -0.2) is 9.97 Å². The van der Waals surface area contributed by atoms with Crippen LogP contribution in [0.3, 0.4) is 0 Å². The number of rotatable bonds is 1. The molecular formula is C8H4N6. The van der Waals surface area contributed by atoms with Crippen molar-refractivity contribution in [2.45, 2.75) is 0 Å². The minimum absolute atomic E-state index is 0.0823. The van der Waals surface area contributed by atoms with E-state index < -0.39 is 0 Å². The van der Waals surface area contributed by atoms with Gasteiger partial charge in [0.25, 0.3) is 0 Å². The summed E-state index contributed by atoms with van der Waals surface area (Å²) in [6, 6.07) is 3.67. The molecule has 2 aromatic rings. The van der Waals surface area contributed by atoms with Crippen LogP contribution in [0.25, 0.3) is 11.6 Å². The lowest BCUT2D eigenvalue weighted by Gasteiger charge is -1.85. The first-order valence-corrected chi connectivity index (χ1v) is 3.75. The average molecular weight is 184 g/mol. The summed E-state index contributed by atoms with van der Waals surface area (Å²) in [7, 11) is 0. The summed E-state index contributed by atoms with van der Waals surface area (Å²) < 4.78 is 0. The topological polar surface area (TPSA) is 105 Å². The van der Waals surface area contributed by atoms with E-state index in [0.29, 0.717) is 11.6 Å². The number of aromatic amines is 2. The van der Waals surface area contributed by atoms with Crippen LogP contribution in [0, 0.1) is 22.7 Å². The van der Waals surface area contributed by atoms with E-state index in [2.05, 4.69) is 19.9 Å². The maximum atomic E-state index is 8.66. The third kappa shape index (κ3) is 1.11. The van der Waals surface area contributed by atoms with Crippen molar-refractivity contribution in [3.63, 3.8) is 0 Å². The molecule has 0 radical (unpaired) electrons. The number of H-pyrrole nitrogens is 2. The Bertz CT molecular complexity index is 490. The summed E-state index contributed by atoms with van der Waals surface area (Å²) in [6.07, 6.45) is 3.20. The van der Waals surface area contributed by atoms with Crippen LogP contribution in [0.1, 0.15) is 11.4 Å². The fraction of sp³-hybridized carbons (Fsp3) is 0. The lowest BCUT2D eigenvalue weighted by molar-refractivity contribution is 1.19. The second-order valence-electron chi connectivity index (χ2n) is 2.47. The van der Waals surface area contributed by atoms with Gasteiger partial charge in [-0.1, -0.05) is 0 Å². The molecule has 6 heteroatoms. The van der Waals surface area contributed by atoms with Crippen LogP contribution in [-0.2, 0) is 0 Å². The quantitative estimate of drug-likeness (QED) is 0.674. The van der Waals surface area contributed by atoms with Crippen molar-refractivity contribution in [2.24, 2.45) is 0 Å². The third-order valence-electron chi connectivity index (χ3n) is 1.64. The number of hydrogen-bond donors (Lipinski definition) is 2. The zero-order chi connectivity index (χ0) is 9.97. The Kier molecular flexibility index (Phi) is 1.74. The van der Waals surface area contributed by atoms with E-state index in [0.717, 1.165) is 0 Å². The molecule has 0 spiro atoms. The monoisotopic (exact) mass is 184 g/mol. The van der Waals surface area contributed by atoms with Crippen molar-refractivity contribution in [3.8, 4) is 23.8 Å². The zero-order valence-corrected chi connectivity index (χ0v) is 6.94. The van der Waals surface area contributed by atoms with Crippen LogP contribution < -0.4 is 0 Å². The van der Waals surface area contributed by atoms with Gasteiger partial charge < -0.3 is 9.97 Å². The van der Waals surface area contributed by atoms with Crippen molar-refractivity contribution in [1.82, 2.24) is 19.9 Å². The van der Waals surface area contributed by atoms with Crippen LogP contribution in [0.4, 0.5) is 0 Å². The third-order valence-corrected chi connectivity index (χ3v) is 1.64. The van der Waals surface area contributed by atoms with Crippen molar-refractivity contribution < 1.29 is 0 Å². The molecule has 0 unspecified atom stereocenters. The molecule has 6 nitrogen and oxygen atoms in total. The smallest absolute Gasteiger partial charge is 0.177 e. The molecule has 2 heterocycles. The standard InChI is InChI=1S/C8H4N6/c9-3-5-6(4-10)14-8(13-5)7-11-1-2-12-7/h1-2H,(H,11,12)(H,13,14). The van der Waals surface area contributed by atoms with Crippen LogP contribution in [0.2, 0.25) is 0 Å². The fourth-order valence-corrected chi connectivity index (χ4v) is 1.04. The molecule has 0 saturated heterocycles. The first kappa shape index (κ1) is 8.02. The molecule has 2 N–H and O–H groups in total. The second-order valence-corrected chi connectivity index (χ2v) is 2.47. The SMILES string of the molecule is N#Cc1nc(-c2ncc[nH]2)[nH]c1C#N. The molecule has 0 aliphatic carbocycles. The van der Waals surface area contributed by atoms with Gasteiger partial charge >= 0.3 is 0 Å². The summed E-state index contributed by atoms with van der Waals surface area (Å²) in [6.45, 7) is 0. The summed E-state index contributed by atoms with van der Waals surface area (Å²) in [5, 5.41) is 17.3. The molecule has 0 saturated carbocycles. The van der Waals surface area contributed by atoms with Crippen molar-refractivity contribution in [2.75, 3.05) is 0 Å². The molecule has 2 rings (SSSR count). The predicted octanol–water partition coefficient (Wildman–Crippen LogP) is 0.543. The summed E-state index contributed by atoms with van der Waals surface area (Å²) in [5.41, 5.74) is 0.234. The van der Waals surface area contributed by atoms with Crippen LogP contribution in [-0.4, -0.2) is 19.9 Å². The lowest BCUT2D eigenvalue weighted by Crippen LogP contribution is -1.82. The van der Waals surface area contributed by atoms with E-state index in [9.17, 15) is 0 Å². The van der Waals surface area contributed by atoms with E-state index in [1.165, 1.54) is 0 Å². The number of nitrogens with one attached hydrogen (secondary N) is 2. The van der Waals surface area contributed by atoms with Gasteiger partial charge in [-0.05, 0) is 0 Å². The molecular weight excluding hydrogens is 180 g/mol. The molecule has 0 aliphatic heterocycles. The minimum Gasteiger partial charge on any atom is -0.342 e. The molecule has 0 fully saturated rings. The highest BCUT2D eigenvalue weighted by Crippen LogP contribution is 2.12. The fourth-order valence-electron chi connectivity index (χ4n) is 1.04. The van der Waals surface area contributed by atoms with Gasteiger partial charge in [0, 0.05) is 12.4 Å². The van der Waals surface area contributed by atoms with E-state index in [4.69, 9.17) is 10.5 Å². The second kappa shape index (κ2) is 3.04. The summed E-state index contributed by atoms with van der Waals surface area (Å²) >= 11 is 0. The maximum Gasteiger partial charge on any atom is 0.177 e. The number of aromatic nitrogens is 4. The Hall–Kier alpha value is -2.60. The molecule has 0 aliphatic rings. The number of hydrogen-bond acceptors (Lipinski definition) is 4. The number of imidazole rings is 2. The molecule has 14 heavy (non-hydrogen) atoms. The highest BCUT2D eigenvalue weighted by Gasteiger charge is 2.11. The normalized spacial score (nSPS) is 9.29. The molecule has 66 valence electrons. The first-order chi connectivity index (χ1) is 6.85. The Morgan fingerprint density at radius 2 is 2.07 bits per heavy atom. The molecule has 0 bridgehead atoms. The van der Waals surface area contributed by atoms with Gasteiger partial charge in [0.05, 0.1) is 0 Å². The lowest BCUT2D eigenvalue weighted by atomic mass is 10.4. The highest BCUT2D eigenvalue weighted by molar-refractivity contribution is 5.50. The Labute approximate surface area is 78.9 Å². The first-order valence-electron chi connectivity index (χ1n) is 3.75. The van der Waals surface area contributed by atoms with Crippen molar-refractivity contribution in [3.05, 3.63) is 23.8 Å². The molecule has 0 atom stereocenters. The Balaban J connectivity index is 2.55. The van der Waals surface area contributed by atoms with Crippen LogP contribution in [0.5, 0.6) is 0 Å². The van der Waals surface area contributed by atoms with Gasteiger partial charge in [0.15, 0.2) is 23.0 Å². The van der Waals surface area contributed by atoms with Gasteiger partial charge in [-0.15, -0.1) is 0 Å². The van der Waals surface area contributed by atoms with Gasteiger partial charge in [-0.3, -0.25) is 0 Å². The van der Waals surface area contributed by atoms with Gasteiger partial charge in [-0.2, -0.15) is 10.5 Å². The summed E-state index contributed by atoms with van der Waals surface area (Å²) in [5.74, 6) is 0.895.